The summed E-state index contributed by atoms with van der Waals surface area (Å²) in [6.07, 6.45) is 1.71. The number of carbonyl (C=O) groups excluding carboxylic acids is 1. The Morgan fingerprint density at radius 3 is 2.62 bits per heavy atom. The monoisotopic (exact) mass is 178 g/mol. The SMILES string of the molecule is Cc1ccc(C(=O)CN(C)C)nc1. The third-order valence-electron chi connectivity index (χ3n) is 1.66. The molecule has 1 aromatic rings. The summed E-state index contributed by atoms with van der Waals surface area (Å²) in [5.74, 6) is 0.0602. The molecular weight excluding hydrogens is 164 g/mol. The highest BCUT2D eigenvalue weighted by atomic mass is 16.1. The molecule has 1 rings (SSSR count). The second-order valence-electron chi connectivity index (χ2n) is 3.38. The van der Waals surface area contributed by atoms with Crippen molar-refractivity contribution in [1.82, 2.24) is 9.88 Å². The Bertz CT molecular complexity index is 290. The molecule has 0 saturated carbocycles. The number of ketones is 1. The van der Waals surface area contributed by atoms with E-state index in [1.165, 1.54) is 0 Å². The quantitative estimate of drug-likeness (QED) is 0.651. The minimum absolute atomic E-state index is 0.0602. The molecule has 70 valence electrons. The first-order valence-corrected chi connectivity index (χ1v) is 4.20. The van der Waals surface area contributed by atoms with Crippen LogP contribution in [0.3, 0.4) is 0 Å². The molecule has 1 heterocycles. The number of rotatable bonds is 3. The van der Waals surface area contributed by atoms with Crippen LogP contribution in [0.1, 0.15) is 16.1 Å². The van der Waals surface area contributed by atoms with Crippen molar-refractivity contribution in [2.24, 2.45) is 0 Å². The van der Waals surface area contributed by atoms with Crippen molar-refractivity contribution in [2.45, 2.75) is 6.92 Å². The van der Waals surface area contributed by atoms with Crippen LogP contribution in [0.15, 0.2) is 18.3 Å². The van der Waals surface area contributed by atoms with Gasteiger partial charge in [0.15, 0.2) is 5.78 Å². The average molecular weight is 178 g/mol. The zero-order valence-electron chi connectivity index (χ0n) is 8.24. The van der Waals surface area contributed by atoms with E-state index in [2.05, 4.69) is 4.98 Å². The summed E-state index contributed by atoms with van der Waals surface area (Å²) in [7, 11) is 3.73. The number of hydrogen-bond donors (Lipinski definition) is 0. The molecule has 0 radical (unpaired) electrons. The number of likely N-dealkylation sites (N-methyl/N-ethyl adjacent to an activating group) is 1. The highest BCUT2D eigenvalue weighted by Crippen LogP contribution is 1.99. The van der Waals surface area contributed by atoms with E-state index in [0.29, 0.717) is 12.2 Å². The number of carbonyl (C=O) groups is 1. The van der Waals surface area contributed by atoms with Gasteiger partial charge in [0.25, 0.3) is 0 Å². The lowest BCUT2D eigenvalue weighted by Crippen LogP contribution is -2.22. The van der Waals surface area contributed by atoms with Crippen LogP contribution in [-0.2, 0) is 0 Å². The molecule has 13 heavy (non-hydrogen) atoms. The fourth-order valence-electron chi connectivity index (χ4n) is 1.00. The second kappa shape index (κ2) is 4.14. The minimum atomic E-state index is 0.0602. The highest BCUT2D eigenvalue weighted by Gasteiger charge is 2.07. The smallest absolute Gasteiger partial charge is 0.195 e. The maximum Gasteiger partial charge on any atom is 0.195 e. The van der Waals surface area contributed by atoms with Crippen molar-refractivity contribution >= 4 is 5.78 Å². The van der Waals surface area contributed by atoms with Crippen LogP contribution in [0.5, 0.6) is 0 Å². The molecule has 0 fully saturated rings. The van der Waals surface area contributed by atoms with E-state index < -0.39 is 0 Å². The van der Waals surface area contributed by atoms with Gasteiger partial charge in [0.2, 0.25) is 0 Å². The van der Waals surface area contributed by atoms with E-state index in [-0.39, 0.29) is 5.78 Å². The van der Waals surface area contributed by atoms with Gasteiger partial charge in [-0.1, -0.05) is 6.07 Å². The van der Waals surface area contributed by atoms with E-state index in [1.807, 2.05) is 32.0 Å². The molecule has 0 aliphatic carbocycles. The molecule has 3 heteroatoms. The third kappa shape index (κ3) is 2.95. The number of nitrogens with zero attached hydrogens (tertiary/aromatic N) is 2. The van der Waals surface area contributed by atoms with E-state index in [0.717, 1.165) is 5.56 Å². The number of hydrogen-bond acceptors (Lipinski definition) is 3. The number of aromatic nitrogens is 1. The molecule has 0 bridgehead atoms. The Balaban J connectivity index is 2.72. The van der Waals surface area contributed by atoms with Gasteiger partial charge >= 0.3 is 0 Å². The summed E-state index contributed by atoms with van der Waals surface area (Å²) in [6, 6.07) is 3.66. The first-order chi connectivity index (χ1) is 6.09. The van der Waals surface area contributed by atoms with Gasteiger partial charge in [-0.3, -0.25) is 9.78 Å². The number of Topliss-reactive ketones (excluding diaryl/α,β-unsaturated/α-hetero) is 1. The first kappa shape index (κ1) is 9.86. The molecule has 0 spiro atoms. The van der Waals surface area contributed by atoms with E-state index in [4.69, 9.17) is 0 Å². The molecule has 1 aromatic heterocycles. The van der Waals surface area contributed by atoms with Gasteiger partial charge in [-0.25, -0.2) is 0 Å². The lowest BCUT2D eigenvalue weighted by atomic mass is 10.2. The van der Waals surface area contributed by atoms with Crippen LogP contribution in [0, 0.1) is 6.92 Å². The van der Waals surface area contributed by atoms with Crippen LogP contribution < -0.4 is 0 Å². The largest absolute Gasteiger partial charge is 0.302 e. The van der Waals surface area contributed by atoms with Crippen molar-refractivity contribution in [1.29, 1.82) is 0 Å². The number of aryl methyl sites for hydroxylation is 1. The zero-order chi connectivity index (χ0) is 9.84. The highest BCUT2D eigenvalue weighted by molar-refractivity contribution is 5.95. The topological polar surface area (TPSA) is 33.2 Å². The summed E-state index contributed by atoms with van der Waals surface area (Å²) in [6.45, 7) is 2.36. The lowest BCUT2D eigenvalue weighted by molar-refractivity contribution is 0.0953. The van der Waals surface area contributed by atoms with Crippen molar-refractivity contribution in [3.05, 3.63) is 29.6 Å². The molecular formula is C10H14N2O. The van der Waals surface area contributed by atoms with Crippen molar-refractivity contribution in [3.8, 4) is 0 Å². The molecule has 0 atom stereocenters. The molecule has 0 amide bonds. The van der Waals surface area contributed by atoms with Crippen LogP contribution >= 0.6 is 0 Å². The molecule has 0 aliphatic heterocycles. The van der Waals surface area contributed by atoms with E-state index >= 15 is 0 Å². The van der Waals surface area contributed by atoms with Crippen molar-refractivity contribution < 1.29 is 4.79 Å². The molecule has 0 aliphatic rings. The van der Waals surface area contributed by atoms with Gasteiger partial charge in [0, 0.05) is 6.20 Å². The maximum atomic E-state index is 11.5. The summed E-state index contributed by atoms with van der Waals surface area (Å²) in [5, 5.41) is 0. The van der Waals surface area contributed by atoms with Crippen LogP contribution in [0.4, 0.5) is 0 Å². The van der Waals surface area contributed by atoms with Crippen molar-refractivity contribution in [3.63, 3.8) is 0 Å². The predicted molar refractivity (Wildman–Crippen MR) is 51.9 cm³/mol. The Labute approximate surface area is 78.4 Å². The molecule has 0 N–H and O–H groups in total. The second-order valence-corrected chi connectivity index (χ2v) is 3.38. The van der Waals surface area contributed by atoms with Gasteiger partial charge in [0.1, 0.15) is 5.69 Å². The Morgan fingerprint density at radius 1 is 1.46 bits per heavy atom. The Morgan fingerprint density at radius 2 is 2.15 bits per heavy atom. The molecule has 0 unspecified atom stereocenters. The zero-order valence-corrected chi connectivity index (χ0v) is 8.24. The number of pyridine rings is 1. The summed E-state index contributed by atoms with van der Waals surface area (Å²) in [4.78, 5) is 17.4. The van der Waals surface area contributed by atoms with Gasteiger partial charge < -0.3 is 4.90 Å². The molecule has 0 saturated heterocycles. The maximum absolute atomic E-state index is 11.5. The Hall–Kier alpha value is -1.22. The fourth-order valence-corrected chi connectivity index (χ4v) is 1.00. The van der Waals surface area contributed by atoms with E-state index in [1.54, 1.807) is 12.3 Å². The minimum Gasteiger partial charge on any atom is -0.302 e. The summed E-state index contributed by atoms with van der Waals surface area (Å²) >= 11 is 0. The lowest BCUT2D eigenvalue weighted by Gasteiger charge is -2.07. The predicted octanol–water partition coefficient (Wildman–Crippen LogP) is 1.13. The van der Waals surface area contributed by atoms with Crippen LogP contribution in [0.2, 0.25) is 0 Å². The molecule has 0 aromatic carbocycles. The first-order valence-electron chi connectivity index (χ1n) is 4.20. The van der Waals surface area contributed by atoms with Crippen molar-refractivity contribution in [2.75, 3.05) is 20.6 Å². The van der Waals surface area contributed by atoms with E-state index in [9.17, 15) is 4.79 Å². The Kier molecular flexibility index (Phi) is 3.14. The standard InChI is InChI=1S/C10H14N2O/c1-8-4-5-9(11-6-8)10(13)7-12(2)3/h4-6H,7H2,1-3H3. The fraction of sp³-hybridized carbons (Fsp3) is 0.400. The average Bonchev–Trinajstić information content (AvgIpc) is 2.04. The third-order valence-corrected chi connectivity index (χ3v) is 1.66. The van der Waals surface area contributed by atoms with Gasteiger partial charge in [-0.15, -0.1) is 0 Å². The van der Waals surface area contributed by atoms with Crippen LogP contribution in [0.25, 0.3) is 0 Å². The van der Waals surface area contributed by atoms with Gasteiger partial charge in [-0.05, 0) is 32.6 Å². The molecule has 3 nitrogen and oxygen atoms in total. The van der Waals surface area contributed by atoms with Crippen LogP contribution in [-0.4, -0.2) is 36.3 Å². The normalized spacial score (nSPS) is 10.5. The summed E-state index contributed by atoms with van der Waals surface area (Å²) < 4.78 is 0. The summed E-state index contributed by atoms with van der Waals surface area (Å²) in [5.41, 5.74) is 1.61. The van der Waals surface area contributed by atoms with Gasteiger partial charge in [-0.2, -0.15) is 0 Å². The van der Waals surface area contributed by atoms with Gasteiger partial charge in [0.05, 0.1) is 6.54 Å².